The summed E-state index contributed by atoms with van der Waals surface area (Å²) in [4.78, 5) is 24.6. The fraction of sp³-hybridized carbons (Fsp3) is 0.647. The zero-order valence-electron chi connectivity index (χ0n) is 14.1. The highest BCUT2D eigenvalue weighted by molar-refractivity contribution is 7.99. The van der Waals surface area contributed by atoms with Gasteiger partial charge in [0.15, 0.2) is 5.76 Å². The number of aryl methyl sites for hydroxylation is 1. The van der Waals surface area contributed by atoms with Crippen molar-refractivity contribution in [2.24, 2.45) is 0 Å². The summed E-state index contributed by atoms with van der Waals surface area (Å²) in [6, 6.07) is 1.02. The van der Waals surface area contributed by atoms with E-state index in [1.165, 1.54) is 6.07 Å². The number of aliphatic hydroxyl groups is 1. The molecule has 0 aliphatic carbocycles. The first-order valence-electron chi connectivity index (χ1n) is 8.38. The van der Waals surface area contributed by atoms with Crippen molar-refractivity contribution < 1.29 is 19.4 Å². The predicted octanol–water partition coefficient (Wildman–Crippen LogP) is 1.40. The summed E-state index contributed by atoms with van der Waals surface area (Å²) in [6.45, 7) is 1.67. The third-order valence-electron chi connectivity index (χ3n) is 4.87. The lowest BCUT2D eigenvalue weighted by Crippen LogP contribution is -2.46. The van der Waals surface area contributed by atoms with Crippen LogP contribution in [0.25, 0.3) is 0 Å². The van der Waals surface area contributed by atoms with Crippen LogP contribution < -0.4 is 10.7 Å². The van der Waals surface area contributed by atoms with Gasteiger partial charge in [-0.05, 0) is 31.3 Å². The van der Waals surface area contributed by atoms with Crippen LogP contribution in [0.4, 0.5) is 0 Å². The fourth-order valence-corrected chi connectivity index (χ4v) is 5.90. The minimum absolute atomic E-state index is 0.140. The van der Waals surface area contributed by atoms with E-state index in [2.05, 4.69) is 5.32 Å². The SMILES string of the molecule is Cc1cc(=O)c(O)c(C2(CC(=O)NC3CSCC3O)CCSCC2)o1. The number of carbonyl (C=O) groups is 1. The maximum atomic E-state index is 12.6. The molecule has 0 saturated carbocycles. The Morgan fingerprint density at radius 3 is 2.72 bits per heavy atom. The van der Waals surface area contributed by atoms with Crippen LogP contribution in [0.5, 0.6) is 5.75 Å². The van der Waals surface area contributed by atoms with Gasteiger partial charge in [-0.3, -0.25) is 9.59 Å². The molecule has 0 aromatic carbocycles. The number of carbonyl (C=O) groups excluding carboxylic acids is 1. The van der Waals surface area contributed by atoms with Crippen LogP contribution in [-0.2, 0) is 10.2 Å². The fourth-order valence-electron chi connectivity index (χ4n) is 3.46. The van der Waals surface area contributed by atoms with E-state index in [1.54, 1.807) is 30.4 Å². The average molecular weight is 386 g/mol. The summed E-state index contributed by atoms with van der Waals surface area (Å²) in [5.74, 6) is 3.09. The molecule has 0 radical (unpaired) electrons. The number of hydrogen-bond acceptors (Lipinski definition) is 7. The number of aliphatic hydroxyl groups excluding tert-OH is 1. The van der Waals surface area contributed by atoms with Gasteiger partial charge in [0.25, 0.3) is 0 Å². The Morgan fingerprint density at radius 2 is 2.08 bits per heavy atom. The third kappa shape index (κ3) is 4.01. The molecule has 0 spiro atoms. The quantitative estimate of drug-likeness (QED) is 0.720. The maximum Gasteiger partial charge on any atom is 0.227 e. The van der Waals surface area contributed by atoms with Crippen molar-refractivity contribution in [2.45, 2.75) is 43.7 Å². The number of nitrogens with one attached hydrogen (secondary N) is 1. The highest BCUT2D eigenvalue weighted by Crippen LogP contribution is 2.44. The molecule has 2 fully saturated rings. The van der Waals surface area contributed by atoms with Crippen LogP contribution >= 0.6 is 23.5 Å². The molecule has 25 heavy (non-hydrogen) atoms. The molecule has 1 aromatic rings. The largest absolute Gasteiger partial charge is 0.502 e. The summed E-state index contributed by atoms with van der Waals surface area (Å²) in [5, 5.41) is 23.1. The standard InChI is InChI=1S/C17H23NO5S2/c1-10-6-12(19)15(22)16(23-10)17(2-4-24-5-3-17)7-14(21)18-11-8-25-9-13(11)20/h6,11,13,20,22H,2-5,7-9H2,1H3,(H,18,21). The maximum absolute atomic E-state index is 12.6. The van der Waals surface area contributed by atoms with Gasteiger partial charge in [0.1, 0.15) is 5.76 Å². The van der Waals surface area contributed by atoms with E-state index in [0.29, 0.717) is 30.1 Å². The van der Waals surface area contributed by atoms with Crippen molar-refractivity contribution in [1.29, 1.82) is 0 Å². The van der Waals surface area contributed by atoms with E-state index in [4.69, 9.17) is 4.42 Å². The second-order valence-electron chi connectivity index (χ2n) is 6.75. The molecule has 8 heteroatoms. The Hall–Kier alpha value is -1.12. The number of thioether (sulfide) groups is 2. The van der Waals surface area contributed by atoms with Gasteiger partial charge in [-0.15, -0.1) is 0 Å². The van der Waals surface area contributed by atoms with Crippen LogP contribution in [0.15, 0.2) is 15.3 Å². The lowest BCUT2D eigenvalue weighted by Gasteiger charge is -2.36. The van der Waals surface area contributed by atoms with E-state index in [0.717, 1.165) is 11.5 Å². The lowest BCUT2D eigenvalue weighted by molar-refractivity contribution is -0.123. The van der Waals surface area contributed by atoms with Crippen molar-refractivity contribution in [3.63, 3.8) is 0 Å². The summed E-state index contributed by atoms with van der Waals surface area (Å²) in [7, 11) is 0. The highest BCUT2D eigenvalue weighted by Gasteiger charge is 2.42. The molecule has 2 unspecified atom stereocenters. The van der Waals surface area contributed by atoms with Gasteiger partial charge >= 0.3 is 0 Å². The Bertz CT molecular complexity index is 699. The molecule has 0 bridgehead atoms. The first kappa shape index (κ1) is 18.7. The number of rotatable bonds is 4. The minimum atomic E-state index is -0.679. The lowest BCUT2D eigenvalue weighted by atomic mass is 9.75. The Morgan fingerprint density at radius 1 is 1.36 bits per heavy atom. The highest BCUT2D eigenvalue weighted by atomic mass is 32.2. The molecular formula is C17H23NO5S2. The molecule has 2 aliphatic rings. The van der Waals surface area contributed by atoms with Gasteiger partial charge in [-0.25, -0.2) is 0 Å². The van der Waals surface area contributed by atoms with E-state index < -0.39 is 16.9 Å². The van der Waals surface area contributed by atoms with Gasteiger partial charge in [0, 0.05) is 29.4 Å². The molecule has 2 saturated heterocycles. The normalized spacial score (nSPS) is 25.7. The monoisotopic (exact) mass is 385 g/mol. The van der Waals surface area contributed by atoms with E-state index >= 15 is 0 Å². The zero-order valence-corrected chi connectivity index (χ0v) is 15.8. The van der Waals surface area contributed by atoms with Crippen molar-refractivity contribution in [1.82, 2.24) is 5.32 Å². The van der Waals surface area contributed by atoms with Crippen molar-refractivity contribution >= 4 is 29.4 Å². The number of aromatic hydroxyl groups is 1. The summed E-state index contributed by atoms with van der Waals surface area (Å²) < 4.78 is 5.73. The molecule has 1 aromatic heterocycles. The smallest absolute Gasteiger partial charge is 0.227 e. The van der Waals surface area contributed by atoms with Crippen molar-refractivity contribution in [3.05, 3.63) is 27.8 Å². The van der Waals surface area contributed by atoms with Crippen LogP contribution in [0.3, 0.4) is 0 Å². The Balaban J connectivity index is 1.86. The number of hydrogen-bond donors (Lipinski definition) is 3. The minimum Gasteiger partial charge on any atom is -0.502 e. The third-order valence-corrected chi connectivity index (χ3v) is 7.03. The first-order valence-corrected chi connectivity index (χ1v) is 10.7. The predicted molar refractivity (Wildman–Crippen MR) is 99.5 cm³/mol. The Labute approximate surface area is 154 Å². The molecule has 3 N–H and O–H groups in total. The molecule has 1 amide bonds. The van der Waals surface area contributed by atoms with Gasteiger partial charge in [-0.1, -0.05) is 0 Å². The molecular weight excluding hydrogens is 362 g/mol. The molecule has 3 heterocycles. The van der Waals surface area contributed by atoms with Crippen LogP contribution in [0.1, 0.15) is 30.8 Å². The van der Waals surface area contributed by atoms with Gasteiger partial charge in [0.2, 0.25) is 17.1 Å². The van der Waals surface area contributed by atoms with Crippen molar-refractivity contribution in [3.8, 4) is 5.75 Å². The molecule has 2 aliphatic heterocycles. The zero-order chi connectivity index (χ0) is 18.0. The van der Waals surface area contributed by atoms with Crippen LogP contribution in [-0.4, -0.2) is 51.3 Å². The molecule has 2 atom stereocenters. The second-order valence-corrected chi connectivity index (χ2v) is 9.05. The molecule has 138 valence electrons. The summed E-state index contributed by atoms with van der Waals surface area (Å²) in [5.41, 5.74) is -1.15. The summed E-state index contributed by atoms with van der Waals surface area (Å²) in [6.07, 6.45) is 0.929. The van der Waals surface area contributed by atoms with E-state index in [1.807, 2.05) is 0 Å². The van der Waals surface area contributed by atoms with Crippen LogP contribution in [0.2, 0.25) is 0 Å². The van der Waals surface area contributed by atoms with E-state index in [-0.39, 0.29) is 29.9 Å². The molecule has 6 nitrogen and oxygen atoms in total. The van der Waals surface area contributed by atoms with E-state index in [9.17, 15) is 19.8 Å². The first-order chi connectivity index (χ1) is 11.9. The topological polar surface area (TPSA) is 99.8 Å². The van der Waals surface area contributed by atoms with Gasteiger partial charge < -0.3 is 19.9 Å². The Kier molecular flexibility index (Phi) is 5.70. The molecule has 3 rings (SSSR count). The average Bonchev–Trinajstić information content (AvgIpc) is 2.96. The van der Waals surface area contributed by atoms with Gasteiger partial charge in [0.05, 0.1) is 12.1 Å². The number of amides is 1. The van der Waals surface area contributed by atoms with Gasteiger partial charge in [-0.2, -0.15) is 23.5 Å². The summed E-state index contributed by atoms with van der Waals surface area (Å²) >= 11 is 3.40. The second kappa shape index (κ2) is 7.63. The van der Waals surface area contributed by atoms with Crippen LogP contribution in [0, 0.1) is 6.92 Å². The van der Waals surface area contributed by atoms with Crippen molar-refractivity contribution in [2.75, 3.05) is 23.0 Å².